The van der Waals surface area contributed by atoms with E-state index in [4.69, 9.17) is 14.3 Å². The first-order valence-corrected chi connectivity index (χ1v) is 10.8. The normalized spacial score (nSPS) is 12.6. The predicted octanol–water partition coefficient (Wildman–Crippen LogP) is 1.48. The number of rotatable bonds is 10. The van der Waals surface area contributed by atoms with E-state index in [1.807, 2.05) is 26.6 Å². The van der Waals surface area contributed by atoms with Crippen LogP contribution in [0.5, 0.6) is 0 Å². The van der Waals surface area contributed by atoms with Crippen molar-refractivity contribution in [1.82, 2.24) is 4.90 Å². The molecule has 0 fully saturated rings. The van der Waals surface area contributed by atoms with E-state index >= 15 is 0 Å². The number of hydrogen-bond donors (Lipinski definition) is 1. The summed E-state index contributed by atoms with van der Waals surface area (Å²) < 4.78 is 10.7. The Balaban J connectivity index is 4.67. The molecule has 0 saturated heterocycles. The van der Waals surface area contributed by atoms with Crippen molar-refractivity contribution in [2.75, 3.05) is 19.7 Å². The summed E-state index contributed by atoms with van der Waals surface area (Å²) in [7, 11) is -1.76. The topological polar surface area (TPSA) is 93.1 Å². The molecule has 0 aliphatic heterocycles. The van der Waals surface area contributed by atoms with Crippen molar-refractivity contribution in [2.45, 2.75) is 52.4 Å². The number of aliphatic carboxylic acids is 1. The van der Waals surface area contributed by atoms with E-state index in [0.717, 1.165) is 0 Å². The summed E-state index contributed by atoms with van der Waals surface area (Å²) >= 11 is 0. The maximum atomic E-state index is 12.0. The SMILES string of the molecule is CCOC(=O)CCN(CC(C)O[Si](C)(C)C)C(=O)CC(=O)O. The molecule has 1 atom stereocenters. The lowest BCUT2D eigenvalue weighted by Gasteiger charge is -2.29. The van der Waals surface area contributed by atoms with Gasteiger partial charge < -0.3 is 19.2 Å². The predicted molar refractivity (Wildman–Crippen MR) is 84.0 cm³/mol. The van der Waals surface area contributed by atoms with Crippen LogP contribution in [0.4, 0.5) is 0 Å². The van der Waals surface area contributed by atoms with Gasteiger partial charge in [0.1, 0.15) is 6.42 Å². The molecule has 1 amide bonds. The van der Waals surface area contributed by atoms with Crippen molar-refractivity contribution in [1.29, 1.82) is 0 Å². The first-order chi connectivity index (χ1) is 10.0. The van der Waals surface area contributed by atoms with Gasteiger partial charge in [0.15, 0.2) is 8.32 Å². The smallest absolute Gasteiger partial charge is 0.312 e. The van der Waals surface area contributed by atoms with Gasteiger partial charge in [-0.2, -0.15) is 0 Å². The maximum Gasteiger partial charge on any atom is 0.312 e. The fourth-order valence-corrected chi connectivity index (χ4v) is 3.25. The van der Waals surface area contributed by atoms with Crippen molar-refractivity contribution in [2.24, 2.45) is 0 Å². The summed E-state index contributed by atoms with van der Waals surface area (Å²) in [4.78, 5) is 35.4. The van der Waals surface area contributed by atoms with E-state index in [2.05, 4.69) is 0 Å². The van der Waals surface area contributed by atoms with Crippen molar-refractivity contribution in [3.05, 3.63) is 0 Å². The van der Waals surface area contributed by atoms with E-state index in [9.17, 15) is 14.4 Å². The van der Waals surface area contributed by atoms with Crippen LogP contribution in [0, 0.1) is 0 Å². The van der Waals surface area contributed by atoms with Gasteiger partial charge in [-0.05, 0) is 33.5 Å². The molecule has 0 aromatic rings. The molecule has 0 heterocycles. The first kappa shape index (κ1) is 20.6. The van der Waals surface area contributed by atoms with Crippen LogP contribution in [0.1, 0.15) is 26.7 Å². The van der Waals surface area contributed by atoms with Crippen LogP contribution in [0.25, 0.3) is 0 Å². The van der Waals surface area contributed by atoms with Crippen LogP contribution in [0.2, 0.25) is 19.6 Å². The highest BCUT2D eigenvalue weighted by atomic mass is 28.4. The minimum atomic E-state index is -1.76. The number of carbonyl (C=O) groups is 3. The van der Waals surface area contributed by atoms with E-state index in [1.165, 1.54) is 4.90 Å². The average molecular weight is 333 g/mol. The van der Waals surface area contributed by atoms with Crippen molar-refractivity contribution in [3.8, 4) is 0 Å². The van der Waals surface area contributed by atoms with Gasteiger partial charge in [-0.3, -0.25) is 14.4 Å². The van der Waals surface area contributed by atoms with Crippen LogP contribution < -0.4 is 0 Å². The highest BCUT2D eigenvalue weighted by Gasteiger charge is 2.24. The monoisotopic (exact) mass is 333 g/mol. The van der Waals surface area contributed by atoms with Crippen molar-refractivity contribution in [3.63, 3.8) is 0 Å². The van der Waals surface area contributed by atoms with Crippen LogP contribution in [-0.2, 0) is 23.5 Å². The van der Waals surface area contributed by atoms with Gasteiger partial charge in [0.05, 0.1) is 19.1 Å². The fourth-order valence-electron chi connectivity index (χ4n) is 1.97. The molecule has 0 aliphatic carbocycles. The number of hydrogen-bond acceptors (Lipinski definition) is 5. The van der Waals surface area contributed by atoms with Gasteiger partial charge in [-0.25, -0.2) is 0 Å². The number of nitrogens with zero attached hydrogens (tertiary/aromatic N) is 1. The molecule has 8 heteroatoms. The lowest BCUT2D eigenvalue weighted by atomic mass is 10.2. The van der Waals surface area contributed by atoms with E-state index in [-0.39, 0.29) is 32.2 Å². The van der Waals surface area contributed by atoms with Crippen LogP contribution in [0.3, 0.4) is 0 Å². The molecule has 0 saturated carbocycles. The number of amides is 1. The van der Waals surface area contributed by atoms with Gasteiger partial charge in [0, 0.05) is 13.1 Å². The Labute approximate surface area is 132 Å². The molecule has 0 aliphatic rings. The highest BCUT2D eigenvalue weighted by Crippen LogP contribution is 2.10. The van der Waals surface area contributed by atoms with E-state index in [1.54, 1.807) is 6.92 Å². The molecule has 0 spiro atoms. The average Bonchev–Trinajstić information content (AvgIpc) is 2.31. The van der Waals surface area contributed by atoms with Gasteiger partial charge >= 0.3 is 11.9 Å². The lowest BCUT2D eigenvalue weighted by molar-refractivity contribution is -0.146. The van der Waals surface area contributed by atoms with Gasteiger partial charge in [0.25, 0.3) is 0 Å². The Morgan fingerprint density at radius 3 is 2.27 bits per heavy atom. The Kier molecular flexibility index (Phi) is 8.96. The quantitative estimate of drug-likeness (QED) is 0.370. The molecule has 0 aromatic carbocycles. The summed E-state index contributed by atoms with van der Waals surface area (Å²) in [5.74, 6) is -2.12. The number of carboxylic acids is 1. The molecule has 7 nitrogen and oxygen atoms in total. The van der Waals surface area contributed by atoms with Crippen LogP contribution in [0.15, 0.2) is 0 Å². The lowest BCUT2D eigenvalue weighted by Crippen LogP contribution is -2.42. The molecular weight excluding hydrogens is 306 g/mol. The fraction of sp³-hybridized carbons (Fsp3) is 0.786. The second-order valence-corrected chi connectivity index (χ2v) is 10.5. The molecule has 128 valence electrons. The summed E-state index contributed by atoms with van der Waals surface area (Å²) in [6, 6.07) is 0. The zero-order valence-electron chi connectivity index (χ0n) is 14.0. The third kappa shape index (κ3) is 10.3. The molecule has 0 bridgehead atoms. The van der Waals surface area contributed by atoms with E-state index < -0.39 is 32.6 Å². The van der Waals surface area contributed by atoms with Crippen LogP contribution in [-0.4, -0.2) is 62.0 Å². The number of carboxylic acid groups (broad SMARTS) is 1. The summed E-state index contributed by atoms with van der Waals surface area (Å²) in [6.07, 6.45) is -0.770. The number of carbonyl (C=O) groups excluding carboxylic acids is 2. The van der Waals surface area contributed by atoms with Gasteiger partial charge in [-0.1, -0.05) is 0 Å². The van der Waals surface area contributed by atoms with Gasteiger partial charge in [-0.15, -0.1) is 0 Å². The minimum Gasteiger partial charge on any atom is -0.481 e. The summed E-state index contributed by atoms with van der Waals surface area (Å²) in [5, 5.41) is 8.75. The van der Waals surface area contributed by atoms with E-state index in [0.29, 0.717) is 0 Å². The molecule has 1 N–H and O–H groups in total. The first-order valence-electron chi connectivity index (χ1n) is 7.38. The summed E-state index contributed by atoms with van der Waals surface area (Å²) in [6.45, 7) is 10.3. The van der Waals surface area contributed by atoms with Crippen molar-refractivity contribution >= 4 is 26.2 Å². The standard InChI is InChI=1S/C14H27NO6Si/c1-6-20-14(19)7-8-15(12(16)9-13(17)18)10-11(2)21-22(3,4)5/h11H,6-10H2,1-5H3,(H,17,18). The Bertz CT molecular complexity index is 393. The number of esters is 1. The second kappa shape index (κ2) is 9.57. The maximum absolute atomic E-state index is 12.0. The van der Waals surface area contributed by atoms with Gasteiger partial charge in [0.2, 0.25) is 5.91 Å². The van der Waals surface area contributed by atoms with Crippen LogP contribution >= 0.6 is 0 Å². The number of ether oxygens (including phenoxy) is 1. The summed E-state index contributed by atoms with van der Waals surface area (Å²) in [5.41, 5.74) is 0. The molecule has 0 aromatic heterocycles. The molecule has 0 rings (SSSR count). The zero-order chi connectivity index (χ0) is 17.3. The second-order valence-electron chi connectivity index (χ2n) is 6.01. The molecule has 0 radical (unpaired) electrons. The third-order valence-electron chi connectivity index (χ3n) is 2.58. The zero-order valence-corrected chi connectivity index (χ0v) is 15.0. The Hall–Kier alpha value is -1.41. The van der Waals surface area contributed by atoms with Crippen molar-refractivity contribution < 1.29 is 28.7 Å². The molecular formula is C14H27NO6Si. The minimum absolute atomic E-state index is 0.0405. The molecule has 22 heavy (non-hydrogen) atoms. The highest BCUT2D eigenvalue weighted by molar-refractivity contribution is 6.69. The Morgan fingerprint density at radius 1 is 1.23 bits per heavy atom. The Morgan fingerprint density at radius 2 is 1.82 bits per heavy atom. The largest absolute Gasteiger partial charge is 0.481 e. The third-order valence-corrected chi connectivity index (χ3v) is 3.69. The molecule has 1 unspecified atom stereocenters.